The van der Waals surface area contributed by atoms with Crippen LogP contribution in [0.2, 0.25) is 0 Å². The van der Waals surface area contributed by atoms with Crippen molar-refractivity contribution in [3.8, 4) is 6.07 Å². The standard InChI is InChI=1S/C10H16N2O3/c1-8(2)15-10(13)7-12-3-4-14-9(5-11)6-12/h8-9H,3-4,6-7H2,1-2H3. The average molecular weight is 212 g/mol. The van der Waals surface area contributed by atoms with E-state index in [0.717, 1.165) is 0 Å². The van der Waals surface area contributed by atoms with Crippen molar-refractivity contribution < 1.29 is 14.3 Å². The molecule has 1 rings (SSSR count). The molecular formula is C10H16N2O3. The van der Waals surface area contributed by atoms with Crippen LogP contribution in [0, 0.1) is 11.3 Å². The monoisotopic (exact) mass is 212 g/mol. The Morgan fingerprint density at radius 1 is 1.73 bits per heavy atom. The molecule has 0 N–H and O–H groups in total. The van der Waals surface area contributed by atoms with Gasteiger partial charge in [-0.3, -0.25) is 9.69 Å². The first-order valence-corrected chi connectivity index (χ1v) is 5.05. The fraction of sp³-hybridized carbons (Fsp3) is 0.800. The number of esters is 1. The van der Waals surface area contributed by atoms with Crippen LogP contribution >= 0.6 is 0 Å². The molecule has 0 bridgehead atoms. The van der Waals surface area contributed by atoms with Crippen molar-refractivity contribution in [2.75, 3.05) is 26.2 Å². The molecule has 1 aliphatic heterocycles. The van der Waals surface area contributed by atoms with Crippen LogP contribution in [-0.4, -0.2) is 49.3 Å². The molecule has 84 valence electrons. The highest BCUT2D eigenvalue weighted by Gasteiger charge is 2.22. The molecule has 1 saturated heterocycles. The van der Waals surface area contributed by atoms with Gasteiger partial charge in [-0.05, 0) is 13.8 Å². The average Bonchev–Trinajstić information content (AvgIpc) is 2.16. The molecule has 0 amide bonds. The third-order valence-electron chi connectivity index (χ3n) is 2.01. The maximum Gasteiger partial charge on any atom is 0.320 e. The fourth-order valence-corrected chi connectivity index (χ4v) is 1.41. The molecule has 1 fully saturated rings. The number of hydrogen-bond acceptors (Lipinski definition) is 5. The number of rotatable bonds is 3. The lowest BCUT2D eigenvalue weighted by molar-refractivity contribution is -0.150. The molecule has 1 unspecified atom stereocenters. The fourth-order valence-electron chi connectivity index (χ4n) is 1.41. The predicted octanol–water partition coefficient (Wildman–Crippen LogP) is 0.162. The molecule has 5 heteroatoms. The van der Waals surface area contributed by atoms with E-state index in [4.69, 9.17) is 14.7 Å². The maximum atomic E-state index is 11.3. The van der Waals surface area contributed by atoms with Gasteiger partial charge in [-0.15, -0.1) is 0 Å². The quantitative estimate of drug-likeness (QED) is 0.624. The molecule has 0 aromatic heterocycles. The Balaban J connectivity index is 2.32. The first-order valence-electron chi connectivity index (χ1n) is 5.05. The van der Waals surface area contributed by atoms with E-state index in [-0.39, 0.29) is 18.6 Å². The highest BCUT2D eigenvalue weighted by Crippen LogP contribution is 2.04. The molecule has 1 atom stereocenters. The second-order valence-corrected chi connectivity index (χ2v) is 3.76. The molecule has 5 nitrogen and oxygen atoms in total. The number of carbonyl (C=O) groups excluding carboxylic acids is 1. The minimum absolute atomic E-state index is 0.0923. The summed E-state index contributed by atoms with van der Waals surface area (Å²) in [5.74, 6) is -0.247. The van der Waals surface area contributed by atoms with Crippen molar-refractivity contribution in [3.63, 3.8) is 0 Å². The van der Waals surface area contributed by atoms with Crippen molar-refractivity contribution in [1.82, 2.24) is 4.90 Å². The van der Waals surface area contributed by atoms with E-state index in [9.17, 15) is 4.79 Å². The molecule has 0 aromatic carbocycles. The van der Waals surface area contributed by atoms with Gasteiger partial charge in [-0.2, -0.15) is 5.26 Å². The predicted molar refractivity (Wildman–Crippen MR) is 53.0 cm³/mol. The summed E-state index contributed by atoms with van der Waals surface area (Å²) in [6.45, 7) is 5.51. The first kappa shape index (κ1) is 12.0. The van der Waals surface area contributed by atoms with Crippen LogP contribution in [0.15, 0.2) is 0 Å². The van der Waals surface area contributed by atoms with Gasteiger partial charge in [0.05, 0.1) is 25.3 Å². The molecule has 0 aliphatic carbocycles. The van der Waals surface area contributed by atoms with Crippen LogP contribution in [0.25, 0.3) is 0 Å². The molecular weight excluding hydrogens is 196 g/mol. The summed E-state index contributed by atoms with van der Waals surface area (Å²) in [6, 6.07) is 2.03. The van der Waals surface area contributed by atoms with Gasteiger partial charge >= 0.3 is 5.97 Å². The smallest absolute Gasteiger partial charge is 0.320 e. The number of ether oxygens (including phenoxy) is 2. The van der Waals surface area contributed by atoms with Crippen LogP contribution in [0.1, 0.15) is 13.8 Å². The molecule has 0 aromatic rings. The molecule has 15 heavy (non-hydrogen) atoms. The van der Waals surface area contributed by atoms with Crippen LogP contribution in [0.5, 0.6) is 0 Å². The summed E-state index contributed by atoms with van der Waals surface area (Å²) in [6.07, 6.45) is -0.518. The first-order chi connectivity index (χ1) is 7.11. The van der Waals surface area contributed by atoms with Crippen molar-refractivity contribution in [1.29, 1.82) is 5.26 Å². The molecule has 1 aliphatic rings. The van der Waals surface area contributed by atoms with E-state index in [1.807, 2.05) is 24.8 Å². The van der Waals surface area contributed by atoms with Gasteiger partial charge in [0.15, 0.2) is 6.10 Å². The van der Waals surface area contributed by atoms with Gasteiger partial charge in [-0.25, -0.2) is 0 Å². The largest absolute Gasteiger partial charge is 0.462 e. The Morgan fingerprint density at radius 3 is 3.07 bits per heavy atom. The molecule has 0 saturated carbocycles. The number of nitrogens with zero attached hydrogens (tertiary/aromatic N) is 2. The summed E-state index contributed by atoms with van der Waals surface area (Å²) >= 11 is 0. The molecule has 1 heterocycles. The second kappa shape index (κ2) is 5.69. The van der Waals surface area contributed by atoms with Gasteiger partial charge in [0, 0.05) is 13.1 Å². The molecule has 0 spiro atoms. The van der Waals surface area contributed by atoms with E-state index >= 15 is 0 Å². The Hall–Kier alpha value is -1.12. The van der Waals surface area contributed by atoms with Crippen LogP contribution in [-0.2, 0) is 14.3 Å². The zero-order valence-corrected chi connectivity index (χ0v) is 9.10. The number of morpholine rings is 1. The van der Waals surface area contributed by atoms with Gasteiger partial charge in [0.1, 0.15) is 0 Å². The van der Waals surface area contributed by atoms with E-state index in [1.165, 1.54) is 0 Å². The number of carbonyl (C=O) groups is 1. The van der Waals surface area contributed by atoms with E-state index in [2.05, 4.69) is 0 Å². The lowest BCUT2D eigenvalue weighted by Gasteiger charge is -2.28. The van der Waals surface area contributed by atoms with Crippen molar-refractivity contribution in [2.24, 2.45) is 0 Å². The summed E-state index contributed by atoms with van der Waals surface area (Å²) in [5.41, 5.74) is 0. The summed E-state index contributed by atoms with van der Waals surface area (Å²) in [5, 5.41) is 8.67. The second-order valence-electron chi connectivity index (χ2n) is 3.76. The highest BCUT2D eigenvalue weighted by molar-refractivity contribution is 5.71. The Labute approximate surface area is 89.6 Å². The van der Waals surface area contributed by atoms with Crippen LogP contribution in [0.4, 0.5) is 0 Å². The van der Waals surface area contributed by atoms with Crippen molar-refractivity contribution in [3.05, 3.63) is 0 Å². The van der Waals surface area contributed by atoms with Crippen molar-refractivity contribution >= 4 is 5.97 Å². The Bertz CT molecular complexity index is 260. The van der Waals surface area contributed by atoms with Crippen molar-refractivity contribution in [2.45, 2.75) is 26.1 Å². The minimum atomic E-state index is -0.425. The number of nitriles is 1. The summed E-state index contributed by atoms with van der Waals surface area (Å²) in [7, 11) is 0. The number of hydrogen-bond donors (Lipinski definition) is 0. The third-order valence-corrected chi connectivity index (χ3v) is 2.01. The zero-order valence-electron chi connectivity index (χ0n) is 9.10. The van der Waals surface area contributed by atoms with E-state index in [1.54, 1.807) is 0 Å². The summed E-state index contributed by atoms with van der Waals surface area (Å²) in [4.78, 5) is 13.2. The van der Waals surface area contributed by atoms with Gasteiger partial charge in [0.2, 0.25) is 0 Å². The SMILES string of the molecule is CC(C)OC(=O)CN1CCOC(C#N)C1. The Kier molecular flexibility index (Phi) is 4.53. The molecule has 0 radical (unpaired) electrons. The van der Waals surface area contributed by atoms with Gasteiger partial charge in [-0.1, -0.05) is 0 Å². The highest BCUT2D eigenvalue weighted by atomic mass is 16.5. The lowest BCUT2D eigenvalue weighted by Crippen LogP contribution is -2.44. The zero-order chi connectivity index (χ0) is 11.3. The minimum Gasteiger partial charge on any atom is -0.462 e. The maximum absolute atomic E-state index is 11.3. The van der Waals surface area contributed by atoms with E-state index in [0.29, 0.717) is 19.7 Å². The van der Waals surface area contributed by atoms with Gasteiger partial charge in [0.25, 0.3) is 0 Å². The Morgan fingerprint density at radius 2 is 2.47 bits per heavy atom. The lowest BCUT2D eigenvalue weighted by atomic mass is 10.3. The topological polar surface area (TPSA) is 62.6 Å². The van der Waals surface area contributed by atoms with Crippen LogP contribution < -0.4 is 0 Å². The third kappa shape index (κ3) is 4.28. The normalized spacial score (nSPS) is 22.4. The van der Waals surface area contributed by atoms with Gasteiger partial charge < -0.3 is 9.47 Å². The summed E-state index contributed by atoms with van der Waals surface area (Å²) < 4.78 is 10.2. The van der Waals surface area contributed by atoms with E-state index < -0.39 is 6.10 Å². The van der Waals surface area contributed by atoms with Crippen LogP contribution in [0.3, 0.4) is 0 Å².